The van der Waals surface area contributed by atoms with Crippen LogP contribution in [0.1, 0.15) is 150 Å². The van der Waals surface area contributed by atoms with E-state index < -0.39 is 114 Å². The topological polar surface area (TPSA) is 353 Å². The van der Waals surface area contributed by atoms with E-state index in [2.05, 4.69) is 20.2 Å². The number of nitrogens with two attached hydrogens (primary N) is 1. The van der Waals surface area contributed by atoms with Crippen LogP contribution in [0.3, 0.4) is 0 Å². The van der Waals surface area contributed by atoms with E-state index in [1.165, 1.54) is 14.0 Å². The van der Waals surface area contributed by atoms with Gasteiger partial charge in [0.05, 0.1) is 44.1 Å². The molecule has 6 heterocycles. The molecule has 5 aliphatic heterocycles. The van der Waals surface area contributed by atoms with Crippen LogP contribution in [0.5, 0.6) is 0 Å². The van der Waals surface area contributed by atoms with E-state index in [0.717, 1.165) is 23.6 Å². The molecule has 1 aromatic rings. The lowest BCUT2D eigenvalue weighted by molar-refractivity contribution is -0.265. The number of alkyl carbamates (subject to hydrolysis) is 1. The molecule has 0 aromatic carbocycles. The second-order valence-corrected chi connectivity index (χ2v) is 28.5. The van der Waals surface area contributed by atoms with E-state index in [-0.39, 0.29) is 93.0 Å². The summed E-state index contributed by atoms with van der Waals surface area (Å²) >= 11 is 0. The van der Waals surface area contributed by atoms with Gasteiger partial charge in [0.1, 0.15) is 36.2 Å². The van der Waals surface area contributed by atoms with Crippen molar-refractivity contribution in [3.05, 3.63) is 65.6 Å². The number of ketones is 3. The molecule has 0 spiro atoms. The highest BCUT2D eigenvalue weighted by molar-refractivity contribution is 6.39. The van der Waals surface area contributed by atoms with Crippen LogP contribution in [-0.4, -0.2) is 257 Å². The Morgan fingerprint density at radius 1 is 0.750 bits per heavy atom. The Hall–Kier alpha value is -6.40. The first kappa shape index (κ1) is 80.9. The summed E-state index contributed by atoms with van der Waals surface area (Å²) in [7, 11) is 3.07. The standard InChI is InChI=1S/C73H113N9O18/c1-46-15-11-10-12-16-47(2)60(95-8)41-55-21-18-51(6)73(94,100-55)68(90)69(91)82-25-14-13-17-57(82)70(92)98-61(42-58(84)48(3)38-50(5)66(88)67(89)65(87)49(4)37-46)56(74)39-53-20-22-59(62(40-53)96-9)99-72(93)77-45-54-43-75-71(76-44-54)81-32-30-80(31-33-81)64(86)24-35-97-36-34-78-26-28-79(29-27-78)63(85)23-19-52(7)83/h10-12,15-16,38,43-44,46,48-49,51,53,55-62,66-67,84,88-89,94H,13-14,17-37,39-42,45,74H2,1-9H3,(H,77,93)/b12-10+,15-11+,47-16+,50-38+/t46-,48-,49-,51-,53+,55+,56-,57+,58-,59-,60+,61+,62-,66-,67+,73-/m1/s1. The smallest absolute Gasteiger partial charge is 0.407 e. The number of carbonyl (C=O) groups is 8. The number of cyclic esters (lactones) is 1. The van der Waals surface area contributed by atoms with Crippen LogP contribution in [0, 0.1) is 29.6 Å². The predicted octanol–water partition coefficient (Wildman–Crippen LogP) is 4.30. The number of rotatable bonds is 18. The van der Waals surface area contributed by atoms with Crippen molar-refractivity contribution in [3.8, 4) is 0 Å². The second kappa shape index (κ2) is 39.3. The number of carbonyl (C=O) groups excluding carboxylic acids is 8. The number of hydrogen-bond acceptors (Lipinski definition) is 23. The molecule has 16 atom stereocenters. The maximum absolute atomic E-state index is 14.7. The highest BCUT2D eigenvalue weighted by Crippen LogP contribution is 2.38. The number of aliphatic hydroxyl groups is 4. The Labute approximate surface area is 589 Å². The van der Waals surface area contributed by atoms with E-state index >= 15 is 0 Å². The molecule has 100 heavy (non-hydrogen) atoms. The summed E-state index contributed by atoms with van der Waals surface area (Å²) in [6.45, 7) is 18.3. The number of aliphatic hydroxyl groups excluding tert-OH is 3. The molecule has 27 nitrogen and oxygen atoms in total. The van der Waals surface area contributed by atoms with Crippen molar-refractivity contribution >= 4 is 53.1 Å². The van der Waals surface area contributed by atoms with Crippen molar-refractivity contribution in [1.82, 2.24) is 34.9 Å². The van der Waals surface area contributed by atoms with Crippen molar-refractivity contribution in [1.29, 1.82) is 0 Å². The molecular weight excluding hydrogens is 1290 g/mol. The highest BCUT2D eigenvalue weighted by Gasteiger charge is 2.53. The number of nitrogens with zero attached hydrogens (tertiary/aromatic N) is 7. The Bertz CT molecular complexity index is 3010. The Kier molecular flexibility index (Phi) is 31.8. The van der Waals surface area contributed by atoms with Gasteiger partial charge in [-0.3, -0.25) is 28.9 Å². The third kappa shape index (κ3) is 23.3. The molecule has 6 aliphatic rings. The number of nitrogens with one attached hydrogen (secondary N) is 1. The fourth-order valence-electron chi connectivity index (χ4n) is 14.3. The van der Waals surface area contributed by atoms with Crippen LogP contribution in [0.2, 0.25) is 0 Å². The Balaban J connectivity index is 0.930. The quantitative estimate of drug-likeness (QED) is 0.0516. The fraction of sp³-hybridized carbons (Fsp3) is 0.726. The molecule has 7 rings (SSSR count). The molecule has 1 saturated carbocycles. The molecule has 0 radical (unpaired) electrons. The number of aromatic nitrogens is 2. The first-order valence-electron chi connectivity index (χ1n) is 36.1. The van der Waals surface area contributed by atoms with Crippen molar-refractivity contribution in [2.24, 2.45) is 35.3 Å². The lowest BCUT2D eigenvalue weighted by Gasteiger charge is -2.42. The number of esters is 1. The third-order valence-corrected chi connectivity index (χ3v) is 20.9. The van der Waals surface area contributed by atoms with E-state index in [1.54, 1.807) is 58.2 Å². The summed E-state index contributed by atoms with van der Waals surface area (Å²) < 4.78 is 36.0. The zero-order chi connectivity index (χ0) is 72.8. The van der Waals surface area contributed by atoms with Gasteiger partial charge < -0.3 is 84.3 Å². The van der Waals surface area contributed by atoms with Gasteiger partial charge in [0.25, 0.3) is 11.7 Å². The summed E-state index contributed by atoms with van der Waals surface area (Å²) in [6, 6.07) is -2.17. The van der Waals surface area contributed by atoms with Gasteiger partial charge in [-0.25, -0.2) is 19.6 Å². The molecular formula is C73H113N9O18. The largest absolute Gasteiger partial charge is 0.459 e. The van der Waals surface area contributed by atoms with Crippen molar-refractivity contribution in [2.45, 2.75) is 218 Å². The van der Waals surface area contributed by atoms with Gasteiger partial charge in [-0.15, -0.1) is 0 Å². The Morgan fingerprint density at radius 2 is 1.44 bits per heavy atom. The minimum Gasteiger partial charge on any atom is -0.459 e. The minimum atomic E-state index is -2.50. The number of Topliss-reactive ketones (excluding diaryl/α,β-unsaturated/α-hetero) is 3. The number of piperazine rings is 2. The number of ether oxygens (including phenoxy) is 6. The van der Waals surface area contributed by atoms with Crippen LogP contribution in [0.15, 0.2) is 60.0 Å². The third-order valence-electron chi connectivity index (χ3n) is 20.9. The van der Waals surface area contributed by atoms with Gasteiger partial charge in [0, 0.05) is 154 Å². The van der Waals surface area contributed by atoms with Crippen LogP contribution in [-0.2, 0) is 68.5 Å². The van der Waals surface area contributed by atoms with E-state index in [0.29, 0.717) is 122 Å². The molecule has 1 aromatic heterocycles. The van der Waals surface area contributed by atoms with Gasteiger partial charge in [0.2, 0.25) is 23.5 Å². The molecule has 5 fully saturated rings. The minimum absolute atomic E-state index is 0.00961. The normalized spacial score (nSPS) is 33.0. The first-order valence-corrected chi connectivity index (χ1v) is 36.1. The number of allylic oxidation sites excluding steroid dienone is 5. The zero-order valence-corrected chi connectivity index (χ0v) is 60.3. The van der Waals surface area contributed by atoms with Crippen molar-refractivity contribution in [3.63, 3.8) is 0 Å². The van der Waals surface area contributed by atoms with Gasteiger partial charge >= 0.3 is 12.1 Å². The van der Waals surface area contributed by atoms with Gasteiger partial charge in [0.15, 0.2) is 5.78 Å². The summed E-state index contributed by atoms with van der Waals surface area (Å²) in [4.78, 5) is 125. The van der Waals surface area contributed by atoms with Gasteiger partial charge in [-0.05, 0) is 108 Å². The van der Waals surface area contributed by atoms with Gasteiger partial charge in [-0.2, -0.15) is 0 Å². The Morgan fingerprint density at radius 3 is 2.12 bits per heavy atom. The second-order valence-electron chi connectivity index (χ2n) is 28.5. The molecule has 2 bridgehead atoms. The number of fused-ring (bicyclic) bond motifs is 3. The lowest BCUT2D eigenvalue weighted by atomic mass is 9.80. The van der Waals surface area contributed by atoms with Crippen molar-refractivity contribution < 1.29 is 87.2 Å². The molecule has 558 valence electrons. The lowest BCUT2D eigenvalue weighted by Crippen LogP contribution is -2.61. The van der Waals surface area contributed by atoms with Crippen LogP contribution in [0.4, 0.5) is 10.7 Å². The SMILES string of the molecule is CO[C@H]1C[C@@H]2CC[C@@H](C)[C@@](O)(O2)C(=O)C(=O)N2CCCC[C@H]2C(=O)O[C@H]([C@H](N)C[C@@H]2CC[C@@H](OC(=O)NCc3cnc(N4CCN(C(=O)CCOCCN5CCN(C(=O)CCC(C)=O)CC5)CC4)nc3)[C@H](OC)C2)C[C@@H](O)[C@H](C)/C=C(\C)[C@@H](O)[C@@H](O)C(=O)[C@H](C)C[C@H](C)/C=C/C=C/C=C/1C. The first-order chi connectivity index (χ1) is 47.7. The molecule has 1 aliphatic carbocycles. The van der Waals surface area contributed by atoms with E-state index in [1.807, 2.05) is 54.0 Å². The van der Waals surface area contributed by atoms with Crippen LogP contribution in [0.25, 0.3) is 0 Å². The van der Waals surface area contributed by atoms with E-state index in [9.17, 15) is 58.8 Å². The number of amides is 4. The number of piperidine rings is 1. The molecule has 27 heteroatoms. The zero-order valence-electron chi connectivity index (χ0n) is 60.3. The maximum atomic E-state index is 14.7. The van der Waals surface area contributed by atoms with E-state index in [4.69, 9.17) is 34.2 Å². The summed E-state index contributed by atoms with van der Waals surface area (Å²) in [5.74, 6) is -7.98. The average Bonchev–Trinajstić information content (AvgIpc) is 0.773. The maximum Gasteiger partial charge on any atom is 0.407 e. The summed E-state index contributed by atoms with van der Waals surface area (Å²) in [5, 5.41) is 49.4. The highest BCUT2D eigenvalue weighted by atomic mass is 16.6. The summed E-state index contributed by atoms with van der Waals surface area (Å²) in [6.07, 6.45) is 10.2. The number of hydrogen-bond donors (Lipinski definition) is 6. The van der Waals surface area contributed by atoms with Crippen LogP contribution < -0.4 is 16.0 Å². The molecule has 0 unspecified atom stereocenters. The molecule has 7 N–H and O–H groups in total. The monoisotopic (exact) mass is 1400 g/mol. The molecule has 4 amide bonds. The summed E-state index contributed by atoms with van der Waals surface area (Å²) in [5.41, 5.74) is 8.77. The fourth-order valence-corrected chi connectivity index (χ4v) is 14.3. The van der Waals surface area contributed by atoms with Crippen molar-refractivity contribution in [2.75, 3.05) is 97.8 Å². The average molecular weight is 1400 g/mol. The van der Waals surface area contributed by atoms with Gasteiger partial charge in [-0.1, -0.05) is 64.2 Å². The number of methoxy groups -OCH3 is 2. The number of anilines is 1. The molecule has 4 saturated heterocycles. The predicted molar refractivity (Wildman–Crippen MR) is 370 cm³/mol. The van der Waals surface area contributed by atoms with Crippen LogP contribution >= 0.6 is 0 Å².